The number of hydrogen-bond acceptors (Lipinski definition) is 11. The molecule has 0 aliphatic heterocycles. The lowest BCUT2D eigenvalue weighted by atomic mass is 9.81. The second-order valence-electron chi connectivity index (χ2n) is 35.5. The summed E-state index contributed by atoms with van der Waals surface area (Å²) in [6, 6.07) is 173. The van der Waals surface area contributed by atoms with E-state index in [0.717, 1.165) is 100 Å². The van der Waals surface area contributed by atoms with Gasteiger partial charge in [0, 0.05) is 126 Å². The Morgan fingerprint density at radius 1 is 0.176 bits per heavy atom. The molecule has 0 aliphatic carbocycles. The molecule has 0 radical (unpaired) electrons. The third-order valence-corrected chi connectivity index (χ3v) is 26.8. The smallest absolute Gasteiger partial charge is 0.423 e. The number of nitrogens with zero attached hydrogens (tertiary/aromatic N) is 12. The minimum absolute atomic E-state index is 0.189. The van der Waals surface area contributed by atoms with Crippen molar-refractivity contribution in [2.45, 2.75) is 0 Å². The Balaban J connectivity index is 0.000000111. The van der Waals surface area contributed by atoms with Gasteiger partial charge >= 0.3 is 7.12 Å². The van der Waals surface area contributed by atoms with E-state index in [2.05, 4.69) is 337 Å². The average Bonchev–Trinajstić information content (AvgIpc) is 1.57. The van der Waals surface area contributed by atoms with E-state index >= 15 is 0 Å². The molecule has 27 aromatic rings. The van der Waals surface area contributed by atoms with E-state index < -0.39 is 7.12 Å². The van der Waals surface area contributed by atoms with E-state index in [1.54, 1.807) is 24.3 Å². The summed E-state index contributed by atoms with van der Waals surface area (Å²) in [6.45, 7) is 0. The third kappa shape index (κ3) is 19.7. The Hall–Kier alpha value is -18.5. The molecule has 20 aromatic carbocycles. The zero-order chi connectivity index (χ0) is 99.8. The third-order valence-electron chi connectivity index (χ3n) is 26.1. The molecule has 0 atom stereocenters. The highest BCUT2D eigenvalue weighted by molar-refractivity contribution is 6.58. The Bertz CT molecular complexity index is 9370. The zero-order valence-electron chi connectivity index (χ0n) is 79.5. The van der Waals surface area contributed by atoms with Crippen molar-refractivity contribution in [2.75, 3.05) is 0 Å². The van der Waals surface area contributed by atoms with Crippen molar-refractivity contribution in [1.29, 1.82) is 0 Å². The van der Waals surface area contributed by atoms with E-state index in [1.807, 2.05) is 182 Å². The summed E-state index contributed by atoms with van der Waals surface area (Å²) in [4.78, 5) is 46.1. The molecule has 0 amide bonds. The van der Waals surface area contributed by atoms with Gasteiger partial charge in [-0.05, 0) is 202 Å². The summed E-state index contributed by atoms with van der Waals surface area (Å²) in [5.74, 6) is 4.93. The second kappa shape index (κ2) is 42.2. The number of rotatable bonds is 15. The minimum atomic E-state index is -1.41. The normalized spacial score (nSPS) is 11.1. The molecule has 0 saturated heterocycles. The van der Waals surface area contributed by atoms with Crippen LogP contribution in [0.25, 0.3) is 229 Å². The maximum atomic E-state index is 8.63. The SMILES string of the molecule is Clc1ccc(-c2nc(-c3ccccc3)nc(-c3cccc(-c4ccccc4)c3)n2)cc1.Clc1nc(-c2ccccc2)nc(-c2cccc(-c3ccccc3)c2)n1.OB(O)c1ccc(Cl)cc1.c1ccc(-c2cccc(-c3nc(-c4ccccc4)nc(-c4ccc(-n5c6ccccc6c6cc(-n7c8ccccc8c8ccccc87)ccc65)cc4)n3)c2)cc1.c1ccc2c(c1)[nH]c1ccc(-n3c4ccccc4c4ccccc43)cc12. The van der Waals surface area contributed by atoms with Crippen molar-refractivity contribution in [3.8, 4) is 142 Å². The number of aromatic amines is 1. The number of halogens is 3. The van der Waals surface area contributed by atoms with Gasteiger partial charge in [0.25, 0.3) is 0 Å². The topological polar surface area (TPSA) is 187 Å². The summed E-state index contributed by atoms with van der Waals surface area (Å²) in [5.41, 5.74) is 27.6. The van der Waals surface area contributed by atoms with Crippen molar-refractivity contribution in [1.82, 2.24) is 63.5 Å². The minimum Gasteiger partial charge on any atom is -0.423 e. The number of H-pyrrole nitrogens is 1. The molecule has 0 bridgehead atoms. The number of nitrogens with one attached hydrogen (secondary N) is 1. The molecule has 19 heteroatoms. The van der Waals surface area contributed by atoms with Crippen LogP contribution in [-0.4, -0.2) is 80.7 Å². The highest BCUT2D eigenvalue weighted by atomic mass is 35.5. The van der Waals surface area contributed by atoms with E-state index in [9.17, 15) is 0 Å². The molecule has 15 nitrogen and oxygen atoms in total. The molecule has 0 aliphatic rings. The molecular weight excluding hydrogens is 1880 g/mol. The molecule has 148 heavy (non-hydrogen) atoms. The molecule has 7 heterocycles. The van der Waals surface area contributed by atoms with Crippen LogP contribution in [0.15, 0.2) is 510 Å². The van der Waals surface area contributed by atoms with Gasteiger partial charge in [0.1, 0.15) is 0 Å². The van der Waals surface area contributed by atoms with Crippen molar-refractivity contribution in [3.05, 3.63) is 525 Å². The van der Waals surface area contributed by atoms with Crippen LogP contribution in [0.1, 0.15) is 0 Å². The lowest BCUT2D eigenvalue weighted by molar-refractivity contribution is 0.426. The van der Waals surface area contributed by atoms with Crippen molar-refractivity contribution in [3.63, 3.8) is 0 Å². The van der Waals surface area contributed by atoms with E-state index in [0.29, 0.717) is 62.1 Å². The molecule has 27 rings (SSSR count). The van der Waals surface area contributed by atoms with Crippen LogP contribution in [0.5, 0.6) is 0 Å². The molecular formula is C129H87BCl3N13O2. The quantitative estimate of drug-likeness (QED) is 0.0829. The number of hydrogen-bond donors (Lipinski definition) is 3. The van der Waals surface area contributed by atoms with E-state index in [-0.39, 0.29) is 5.28 Å². The van der Waals surface area contributed by atoms with Gasteiger partial charge in [-0.25, -0.2) is 34.9 Å². The molecule has 0 saturated carbocycles. The van der Waals surface area contributed by atoms with Gasteiger partial charge in [-0.1, -0.05) is 381 Å². The predicted octanol–water partition coefficient (Wildman–Crippen LogP) is 31.9. The molecule has 0 spiro atoms. The molecule has 3 N–H and O–H groups in total. The van der Waals surface area contributed by atoms with Gasteiger partial charge in [0.05, 0.1) is 33.1 Å². The molecule has 0 fully saturated rings. The largest absolute Gasteiger partial charge is 0.488 e. The Morgan fingerprint density at radius 2 is 0.419 bits per heavy atom. The van der Waals surface area contributed by atoms with Crippen LogP contribution in [0, 0.1) is 0 Å². The van der Waals surface area contributed by atoms with Crippen molar-refractivity contribution in [2.24, 2.45) is 0 Å². The molecule has 0 unspecified atom stereocenters. The first kappa shape index (κ1) is 93.2. The lowest BCUT2D eigenvalue weighted by Crippen LogP contribution is -2.29. The van der Waals surface area contributed by atoms with E-state index in [1.165, 1.54) is 81.9 Å². The maximum Gasteiger partial charge on any atom is 0.488 e. The number of aromatic nitrogens is 13. The number of benzene rings is 20. The molecule has 704 valence electrons. The monoisotopic (exact) mass is 1970 g/mol. The van der Waals surface area contributed by atoms with Crippen LogP contribution in [0.2, 0.25) is 15.3 Å². The summed E-state index contributed by atoms with van der Waals surface area (Å²) in [5, 5.41) is 28.8. The van der Waals surface area contributed by atoms with Crippen LogP contribution >= 0.6 is 34.8 Å². The second-order valence-corrected chi connectivity index (χ2v) is 36.7. The summed E-state index contributed by atoms with van der Waals surface area (Å²) < 4.78 is 7.11. The van der Waals surface area contributed by atoms with Gasteiger partial charge in [0.2, 0.25) is 5.28 Å². The van der Waals surface area contributed by atoms with Gasteiger partial charge in [-0.15, -0.1) is 0 Å². The van der Waals surface area contributed by atoms with Gasteiger partial charge in [-0.2, -0.15) is 9.97 Å². The zero-order valence-corrected chi connectivity index (χ0v) is 81.7. The lowest BCUT2D eigenvalue weighted by Gasteiger charge is -2.12. The fourth-order valence-corrected chi connectivity index (χ4v) is 19.5. The Kier molecular flexibility index (Phi) is 26.6. The first-order chi connectivity index (χ1) is 72.9. The Morgan fingerprint density at radius 3 is 0.791 bits per heavy atom. The number of fused-ring (bicyclic) bond motifs is 12. The summed E-state index contributed by atoms with van der Waals surface area (Å²) in [6.07, 6.45) is 0. The fourth-order valence-electron chi connectivity index (χ4n) is 19.1. The first-order valence-electron chi connectivity index (χ1n) is 48.5. The standard InChI is InChI=1S/C51H33N5.C27H18ClN3.C24H16N2.C21H14ClN3.C6H6BClO2/c1-3-14-34(15-4-1)37-18-13-19-38(32-37)51-53-49(35-16-5-2-6-17-35)52-50(54-51)36-26-28-39(29-27-36)55-47-25-12-9-22-43(47)44-33-40(30-31-48(44)55)56-45-23-10-7-20-41(45)42-21-8-11-24-46(42)56;28-24-16-14-21(15-17-24)26-29-25(20-10-5-2-6-11-20)30-27(31-26)23-13-7-12-22(18-23)19-8-3-1-4-9-19;1-4-10-21-17(7-1)20-15-16(13-14-22(20)25-21)26-23-11-5-2-8-18(23)19-9-3-6-12-24(19)26;22-21-24-19(16-10-5-2-6-11-16)23-20(25-21)18-13-7-12-17(14-18)15-8-3-1-4-9-15;8-6-3-1-5(2-4-6)7(9)10/h1-33H;1-18H;1-15,25H;1-14H;1-4,9-10H. The van der Waals surface area contributed by atoms with Gasteiger partial charge in [0.15, 0.2) is 46.6 Å². The highest BCUT2D eigenvalue weighted by Gasteiger charge is 2.23. The average molecular weight is 1970 g/mol. The fraction of sp³-hybridized carbons (Fsp3) is 0. The summed E-state index contributed by atoms with van der Waals surface area (Å²) in [7, 11) is -1.41. The van der Waals surface area contributed by atoms with Crippen LogP contribution < -0.4 is 5.46 Å². The first-order valence-corrected chi connectivity index (χ1v) is 49.6. The summed E-state index contributed by atoms with van der Waals surface area (Å²) >= 11 is 17.8. The van der Waals surface area contributed by atoms with Crippen LogP contribution in [0.4, 0.5) is 0 Å². The Labute approximate surface area is 868 Å². The van der Waals surface area contributed by atoms with Crippen LogP contribution in [-0.2, 0) is 0 Å². The van der Waals surface area contributed by atoms with Crippen molar-refractivity contribution < 1.29 is 10.0 Å². The van der Waals surface area contributed by atoms with Gasteiger partial charge in [-0.3, -0.25) is 0 Å². The van der Waals surface area contributed by atoms with Crippen molar-refractivity contribution >= 4 is 135 Å². The van der Waals surface area contributed by atoms with Gasteiger partial charge < -0.3 is 28.7 Å². The molecule has 7 aromatic heterocycles. The predicted molar refractivity (Wildman–Crippen MR) is 609 cm³/mol. The highest BCUT2D eigenvalue weighted by Crippen LogP contribution is 2.42. The maximum absolute atomic E-state index is 8.63. The van der Waals surface area contributed by atoms with E-state index in [4.69, 9.17) is 74.8 Å². The number of para-hydroxylation sites is 6. The van der Waals surface area contributed by atoms with Crippen LogP contribution in [0.3, 0.4) is 0 Å².